The molecule has 1 fully saturated rings. The van der Waals surface area contributed by atoms with Crippen LogP contribution >= 0.6 is 0 Å². The molecule has 0 aromatic heterocycles. The number of nitrogens with one attached hydrogen (secondary N) is 2. The molecule has 2 rings (SSSR count). The molecule has 0 spiro atoms. The Kier molecular flexibility index (Phi) is 4.44. The van der Waals surface area contributed by atoms with E-state index in [-0.39, 0.29) is 17.0 Å². The predicted molar refractivity (Wildman–Crippen MR) is 73.8 cm³/mol. The van der Waals surface area contributed by atoms with Crippen LogP contribution in [0.4, 0.5) is 0 Å². The summed E-state index contributed by atoms with van der Waals surface area (Å²) in [4.78, 5) is 0.262. The molecular formula is C13H20N2O3S. The van der Waals surface area contributed by atoms with Crippen LogP contribution in [0.15, 0.2) is 29.2 Å². The van der Waals surface area contributed by atoms with E-state index in [4.69, 9.17) is 4.74 Å². The first-order chi connectivity index (χ1) is 8.97. The van der Waals surface area contributed by atoms with E-state index in [1.54, 1.807) is 38.1 Å². The summed E-state index contributed by atoms with van der Waals surface area (Å²) in [6.45, 7) is 5.40. The molecule has 0 bridgehead atoms. The van der Waals surface area contributed by atoms with Crippen LogP contribution in [0, 0.1) is 0 Å². The molecule has 5 nitrogen and oxygen atoms in total. The van der Waals surface area contributed by atoms with Gasteiger partial charge in [0.1, 0.15) is 11.9 Å². The zero-order valence-electron chi connectivity index (χ0n) is 11.2. The zero-order valence-corrected chi connectivity index (χ0v) is 12.0. The Labute approximate surface area is 114 Å². The van der Waals surface area contributed by atoms with E-state index in [0.29, 0.717) is 5.75 Å². The van der Waals surface area contributed by atoms with Crippen molar-refractivity contribution >= 4 is 10.0 Å². The second kappa shape index (κ2) is 5.90. The van der Waals surface area contributed by atoms with Gasteiger partial charge in [-0.3, -0.25) is 0 Å². The lowest BCUT2D eigenvalue weighted by molar-refractivity contribution is 0.223. The Bertz CT molecular complexity index is 505. The Morgan fingerprint density at radius 3 is 2.53 bits per heavy atom. The van der Waals surface area contributed by atoms with Gasteiger partial charge in [-0.25, -0.2) is 13.1 Å². The van der Waals surface area contributed by atoms with Crippen molar-refractivity contribution in [2.75, 3.05) is 13.1 Å². The summed E-state index contributed by atoms with van der Waals surface area (Å²) < 4.78 is 32.2. The fourth-order valence-electron chi connectivity index (χ4n) is 2.00. The molecule has 106 valence electrons. The van der Waals surface area contributed by atoms with Crippen LogP contribution in [0.2, 0.25) is 0 Å². The van der Waals surface area contributed by atoms with Crippen molar-refractivity contribution in [3.05, 3.63) is 24.3 Å². The van der Waals surface area contributed by atoms with Gasteiger partial charge in [0.2, 0.25) is 10.0 Å². The van der Waals surface area contributed by atoms with Crippen molar-refractivity contribution in [2.24, 2.45) is 0 Å². The highest BCUT2D eigenvalue weighted by molar-refractivity contribution is 7.89. The van der Waals surface area contributed by atoms with E-state index in [1.165, 1.54) is 0 Å². The maximum absolute atomic E-state index is 11.9. The smallest absolute Gasteiger partial charge is 0.240 e. The molecule has 1 saturated heterocycles. The third kappa shape index (κ3) is 3.92. The highest BCUT2D eigenvalue weighted by Gasteiger charge is 2.17. The molecule has 2 N–H and O–H groups in total. The Morgan fingerprint density at radius 2 is 2.00 bits per heavy atom. The van der Waals surface area contributed by atoms with Crippen LogP contribution in [0.1, 0.15) is 20.3 Å². The minimum Gasteiger partial charge on any atom is -0.489 e. The van der Waals surface area contributed by atoms with Gasteiger partial charge in [0.25, 0.3) is 0 Å². The van der Waals surface area contributed by atoms with Gasteiger partial charge in [0.05, 0.1) is 4.90 Å². The summed E-state index contributed by atoms with van der Waals surface area (Å²) in [6.07, 6.45) is 1.16. The van der Waals surface area contributed by atoms with Crippen molar-refractivity contribution < 1.29 is 13.2 Å². The molecule has 0 radical (unpaired) electrons. The third-order valence-corrected chi connectivity index (χ3v) is 4.52. The lowest BCUT2D eigenvalue weighted by Gasteiger charge is -2.13. The van der Waals surface area contributed by atoms with Crippen LogP contribution in [0.3, 0.4) is 0 Å². The topological polar surface area (TPSA) is 67.4 Å². The number of hydrogen-bond donors (Lipinski definition) is 2. The predicted octanol–water partition coefficient (Wildman–Crippen LogP) is 1.11. The van der Waals surface area contributed by atoms with E-state index < -0.39 is 10.0 Å². The third-order valence-electron chi connectivity index (χ3n) is 2.84. The Balaban J connectivity index is 2.05. The second-order valence-corrected chi connectivity index (χ2v) is 6.69. The van der Waals surface area contributed by atoms with Crippen LogP contribution in [0.5, 0.6) is 5.75 Å². The van der Waals surface area contributed by atoms with Gasteiger partial charge in [0, 0.05) is 12.6 Å². The Hall–Kier alpha value is -1.11. The standard InChI is InChI=1S/C13H20N2O3S/c1-10(2)15-19(16,17)13-5-3-11(4-6-13)18-12-7-8-14-9-12/h3-6,10,12,14-15H,7-9H2,1-2H3. The summed E-state index contributed by atoms with van der Waals surface area (Å²) in [5.41, 5.74) is 0. The molecule has 1 aromatic carbocycles. The van der Waals surface area contributed by atoms with Crippen LogP contribution in [-0.4, -0.2) is 33.7 Å². The van der Waals surface area contributed by atoms with Crippen LogP contribution in [0.25, 0.3) is 0 Å². The molecule has 19 heavy (non-hydrogen) atoms. The van der Waals surface area contributed by atoms with Gasteiger partial charge in [-0.2, -0.15) is 0 Å². The maximum Gasteiger partial charge on any atom is 0.240 e. The molecule has 6 heteroatoms. The molecular weight excluding hydrogens is 264 g/mol. The molecule has 0 aliphatic carbocycles. The van der Waals surface area contributed by atoms with E-state index >= 15 is 0 Å². The van der Waals surface area contributed by atoms with Crippen molar-refractivity contribution in [1.82, 2.24) is 10.0 Å². The minimum absolute atomic E-state index is 0.120. The quantitative estimate of drug-likeness (QED) is 0.850. The maximum atomic E-state index is 11.9. The van der Waals surface area contributed by atoms with E-state index in [9.17, 15) is 8.42 Å². The zero-order chi connectivity index (χ0) is 13.9. The lowest BCUT2D eigenvalue weighted by atomic mass is 10.3. The van der Waals surface area contributed by atoms with Gasteiger partial charge < -0.3 is 10.1 Å². The largest absolute Gasteiger partial charge is 0.489 e. The molecule has 1 aliphatic rings. The molecule has 0 amide bonds. The fourth-order valence-corrected chi connectivity index (χ4v) is 3.25. The van der Waals surface area contributed by atoms with E-state index in [2.05, 4.69) is 10.0 Å². The number of hydrogen-bond acceptors (Lipinski definition) is 4. The van der Waals surface area contributed by atoms with Crippen molar-refractivity contribution in [3.8, 4) is 5.75 Å². The number of ether oxygens (including phenoxy) is 1. The molecule has 1 atom stereocenters. The average Bonchev–Trinajstić information content (AvgIpc) is 2.81. The van der Waals surface area contributed by atoms with Crippen LogP contribution < -0.4 is 14.8 Å². The van der Waals surface area contributed by atoms with Gasteiger partial charge in [-0.1, -0.05) is 0 Å². The molecule has 1 heterocycles. The summed E-state index contributed by atoms with van der Waals surface area (Å²) in [7, 11) is -3.42. The second-order valence-electron chi connectivity index (χ2n) is 4.98. The summed E-state index contributed by atoms with van der Waals surface area (Å²) in [5, 5.41) is 3.22. The van der Waals surface area contributed by atoms with Gasteiger partial charge >= 0.3 is 0 Å². The first-order valence-corrected chi connectivity index (χ1v) is 7.95. The highest BCUT2D eigenvalue weighted by atomic mass is 32.2. The van der Waals surface area contributed by atoms with Crippen LogP contribution in [-0.2, 0) is 10.0 Å². The number of benzene rings is 1. The normalized spacial score (nSPS) is 19.8. The molecule has 0 saturated carbocycles. The van der Waals surface area contributed by atoms with Crippen molar-refractivity contribution in [2.45, 2.75) is 37.3 Å². The molecule has 1 aromatic rings. The lowest BCUT2D eigenvalue weighted by Crippen LogP contribution is -2.30. The highest BCUT2D eigenvalue weighted by Crippen LogP contribution is 2.18. The Morgan fingerprint density at radius 1 is 1.32 bits per heavy atom. The minimum atomic E-state index is -3.42. The SMILES string of the molecule is CC(C)NS(=O)(=O)c1ccc(OC2CCNC2)cc1. The number of sulfonamides is 1. The van der Waals surface area contributed by atoms with Gasteiger partial charge in [0.15, 0.2) is 0 Å². The van der Waals surface area contributed by atoms with E-state index in [0.717, 1.165) is 19.5 Å². The number of rotatable bonds is 5. The van der Waals surface area contributed by atoms with Gasteiger partial charge in [-0.05, 0) is 51.1 Å². The van der Waals surface area contributed by atoms with Gasteiger partial charge in [-0.15, -0.1) is 0 Å². The molecule has 1 aliphatic heterocycles. The monoisotopic (exact) mass is 284 g/mol. The first-order valence-electron chi connectivity index (χ1n) is 6.47. The summed E-state index contributed by atoms with van der Waals surface area (Å²) in [5.74, 6) is 0.706. The summed E-state index contributed by atoms with van der Waals surface area (Å²) in [6, 6.07) is 6.43. The van der Waals surface area contributed by atoms with E-state index in [1.807, 2.05) is 0 Å². The molecule has 1 unspecified atom stereocenters. The van der Waals surface area contributed by atoms with Crippen molar-refractivity contribution in [3.63, 3.8) is 0 Å². The summed E-state index contributed by atoms with van der Waals surface area (Å²) >= 11 is 0. The average molecular weight is 284 g/mol. The first kappa shape index (κ1) is 14.3. The fraction of sp³-hybridized carbons (Fsp3) is 0.538. The van der Waals surface area contributed by atoms with Crippen molar-refractivity contribution in [1.29, 1.82) is 0 Å².